The molecule has 1 N–H and O–H groups in total. The highest BCUT2D eigenvalue weighted by atomic mass is 16.2. The van der Waals surface area contributed by atoms with Crippen LogP contribution in [-0.2, 0) is 4.79 Å². The molecule has 2 fully saturated rings. The number of anilines is 1. The Labute approximate surface area is 166 Å². The predicted molar refractivity (Wildman–Crippen MR) is 111 cm³/mol. The minimum atomic E-state index is -0.0568. The molecule has 1 atom stereocenters. The Morgan fingerprint density at radius 1 is 0.893 bits per heavy atom. The second-order valence-electron chi connectivity index (χ2n) is 7.64. The molecule has 2 heterocycles. The smallest absolute Gasteiger partial charge is 0.321 e. The van der Waals surface area contributed by atoms with Crippen LogP contribution in [0.3, 0.4) is 0 Å². The van der Waals surface area contributed by atoms with Gasteiger partial charge in [0, 0.05) is 37.8 Å². The molecular weight excluding hydrogens is 350 g/mol. The first-order valence-electron chi connectivity index (χ1n) is 10.2. The Morgan fingerprint density at radius 3 is 2.50 bits per heavy atom. The van der Waals surface area contributed by atoms with Crippen molar-refractivity contribution in [2.75, 3.05) is 25.0 Å². The Hall–Kier alpha value is -2.82. The van der Waals surface area contributed by atoms with Gasteiger partial charge in [0.2, 0.25) is 5.91 Å². The number of likely N-dealkylation sites (tertiary alicyclic amines) is 2. The van der Waals surface area contributed by atoms with E-state index in [2.05, 4.69) is 23.5 Å². The van der Waals surface area contributed by atoms with E-state index in [1.54, 1.807) is 0 Å². The first kappa shape index (κ1) is 18.5. The number of nitrogens with zero attached hydrogens (tertiary/aromatic N) is 2. The van der Waals surface area contributed by atoms with Crippen LogP contribution in [0.4, 0.5) is 10.5 Å². The summed E-state index contributed by atoms with van der Waals surface area (Å²) < 4.78 is 0. The van der Waals surface area contributed by atoms with Gasteiger partial charge < -0.3 is 15.1 Å². The van der Waals surface area contributed by atoms with Gasteiger partial charge in [-0.1, -0.05) is 42.5 Å². The number of carbonyl (C=O) groups excluding carboxylic acids is 2. The lowest BCUT2D eigenvalue weighted by Crippen LogP contribution is -2.38. The van der Waals surface area contributed by atoms with E-state index in [1.165, 1.54) is 0 Å². The zero-order chi connectivity index (χ0) is 19.3. The van der Waals surface area contributed by atoms with Gasteiger partial charge in [0.05, 0.1) is 0 Å². The van der Waals surface area contributed by atoms with Gasteiger partial charge in [-0.05, 0) is 48.9 Å². The van der Waals surface area contributed by atoms with E-state index in [9.17, 15) is 9.59 Å². The lowest BCUT2D eigenvalue weighted by Gasteiger charge is -2.27. The molecule has 0 aliphatic carbocycles. The van der Waals surface area contributed by atoms with E-state index < -0.39 is 0 Å². The summed E-state index contributed by atoms with van der Waals surface area (Å²) in [5, 5.41) is 3.05. The molecule has 0 radical (unpaired) electrons. The van der Waals surface area contributed by atoms with Gasteiger partial charge in [-0.3, -0.25) is 4.79 Å². The second kappa shape index (κ2) is 8.46. The van der Waals surface area contributed by atoms with E-state index in [4.69, 9.17) is 0 Å². The molecule has 5 nitrogen and oxygen atoms in total. The van der Waals surface area contributed by atoms with Gasteiger partial charge in [-0.15, -0.1) is 0 Å². The molecule has 4 rings (SSSR count). The van der Waals surface area contributed by atoms with Gasteiger partial charge in [-0.2, -0.15) is 0 Å². The summed E-state index contributed by atoms with van der Waals surface area (Å²) in [4.78, 5) is 28.7. The maximum atomic E-state index is 12.8. The third-order valence-corrected chi connectivity index (χ3v) is 5.76. The number of carbonyl (C=O) groups is 2. The van der Waals surface area contributed by atoms with Crippen molar-refractivity contribution in [1.82, 2.24) is 9.80 Å². The van der Waals surface area contributed by atoms with Gasteiger partial charge in [0.25, 0.3) is 0 Å². The molecule has 2 aromatic rings. The highest BCUT2D eigenvalue weighted by Gasteiger charge is 2.30. The number of urea groups is 1. The third-order valence-electron chi connectivity index (χ3n) is 5.76. The lowest BCUT2D eigenvalue weighted by atomic mass is 10.1. The maximum Gasteiger partial charge on any atom is 0.321 e. The minimum absolute atomic E-state index is 0.0568. The normalized spacial score (nSPS) is 20.1. The van der Waals surface area contributed by atoms with Crippen LogP contribution in [0, 0.1) is 0 Å². The van der Waals surface area contributed by atoms with Gasteiger partial charge in [0.1, 0.15) is 0 Å². The highest BCUT2D eigenvalue weighted by molar-refractivity contribution is 5.90. The number of rotatable bonds is 3. The molecule has 0 saturated carbocycles. The van der Waals surface area contributed by atoms with Crippen LogP contribution >= 0.6 is 0 Å². The molecule has 2 aromatic carbocycles. The van der Waals surface area contributed by atoms with E-state index in [1.807, 2.05) is 46.2 Å². The van der Waals surface area contributed by atoms with Crippen LogP contribution in [0.1, 0.15) is 32.1 Å². The Kier molecular flexibility index (Phi) is 5.60. The van der Waals surface area contributed by atoms with Crippen molar-refractivity contribution in [3.63, 3.8) is 0 Å². The van der Waals surface area contributed by atoms with Crippen molar-refractivity contribution in [1.29, 1.82) is 0 Å². The van der Waals surface area contributed by atoms with Crippen LogP contribution in [0.5, 0.6) is 0 Å². The van der Waals surface area contributed by atoms with Crippen LogP contribution < -0.4 is 5.32 Å². The number of nitrogens with one attached hydrogen (secondary N) is 1. The molecule has 2 aliphatic rings. The number of hydrogen-bond acceptors (Lipinski definition) is 2. The molecule has 2 saturated heterocycles. The number of benzene rings is 2. The lowest BCUT2D eigenvalue weighted by molar-refractivity contribution is -0.129. The van der Waals surface area contributed by atoms with Gasteiger partial charge in [0.15, 0.2) is 0 Å². The average Bonchev–Trinajstić information content (AvgIpc) is 3.00. The van der Waals surface area contributed by atoms with Crippen LogP contribution in [-0.4, -0.2) is 47.4 Å². The molecule has 146 valence electrons. The first-order valence-corrected chi connectivity index (χ1v) is 10.2. The fraction of sp³-hybridized carbons (Fsp3) is 0.391. The molecule has 0 bridgehead atoms. The summed E-state index contributed by atoms with van der Waals surface area (Å²) in [5.41, 5.74) is 3.02. The van der Waals surface area contributed by atoms with Crippen LogP contribution in [0.25, 0.3) is 11.1 Å². The molecule has 28 heavy (non-hydrogen) atoms. The number of hydrogen-bond donors (Lipinski definition) is 1. The monoisotopic (exact) mass is 377 g/mol. The zero-order valence-electron chi connectivity index (χ0n) is 16.1. The van der Waals surface area contributed by atoms with E-state index in [0.717, 1.165) is 55.6 Å². The summed E-state index contributed by atoms with van der Waals surface area (Å²) >= 11 is 0. The molecule has 1 unspecified atom stereocenters. The van der Waals surface area contributed by atoms with Crippen molar-refractivity contribution < 1.29 is 9.59 Å². The van der Waals surface area contributed by atoms with Crippen molar-refractivity contribution in [3.05, 3.63) is 54.6 Å². The summed E-state index contributed by atoms with van der Waals surface area (Å²) in [7, 11) is 0. The average molecular weight is 377 g/mol. The van der Waals surface area contributed by atoms with Gasteiger partial charge >= 0.3 is 6.03 Å². The van der Waals surface area contributed by atoms with Crippen molar-refractivity contribution in [2.45, 2.75) is 38.1 Å². The minimum Gasteiger partial charge on any atom is -0.340 e. The quantitative estimate of drug-likeness (QED) is 0.864. The Balaban J connectivity index is 1.38. The highest BCUT2D eigenvalue weighted by Crippen LogP contribution is 2.24. The van der Waals surface area contributed by atoms with Crippen LogP contribution in [0.15, 0.2) is 54.6 Å². The summed E-state index contributed by atoms with van der Waals surface area (Å²) in [6.45, 7) is 2.31. The number of amides is 3. The molecule has 0 aromatic heterocycles. The largest absolute Gasteiger partial charge is 0.340 e. The Morgan fingerprint density at radius 2 is 1.71 bits per heavy atom. The SMILES string of the molecule is O=C(Nc1cccc(-c2ccccc2)c1)N1CCCC(N2CCCC2=O)CC1. The standard InChI is InChI=1S/C23H27N3O2/c27-22-12-6-15-26(22)21-11-5-14-25(16-13-21)23(28)24-20-10-4-9-19(17-20)18-7-2-1-3-8-18/h1-4,7-10,17,21H,5-6,11-16H2,(H,24,28). The molecular formula is C23H27N3O2. The van der Waals surface area contributed by atoms with E-state index in [-0.39, 0.29) is 18.0 Å². The molecule has 2 aliphatic heterocycles. The third kappa shape index (κ3) is 4.19. The summed E-state index contributed by atoms with van der Waals surface area (Å²) in [6.07, 6.45) is 4.43. The van der Waals surface area contributed by atoms with E-state index in [0.29, 0.717) is 13.0 Å². The fourth-order valence-electron chi connectivity index (χ4n) is 4.26. The van der Waals surface area contributed by atoms with E-state index >= 15 is 0 Å². The maximum absolute atomic E-state index is 12.8. The summed E-state index contributed by atoms with van der Waals surface area (Å²) in [5.74, 6) is 0.278. The molecule has 3 amide bonds. The van der Waals surface area contributed by atoms with Crippen molar-refractivity contribution in [3.8, 4) is 11.1 Å². The topological polar surface area (TPSA) is 52.7 Å². The first-order chi connectivity index (χ1) is 13.7. The molecule has 5 heteroatoms. The fourth-order valence-corrected chi connectivity index (χ4v) is 4.26. The summed E-state index contributed by atoms with van der Waals surface area (Å²) in [6, 6.07) is 18.3. The Bertz CT molecular complexity index is 837. The second-order valence-corrected chi connectivity index (χ2v) is 7.64. The van der Waals surface area contributed by atoms with Gasteiger partial charge in [-0.25, -0.2) is 4.79 Å². The zero-order valence-corrected chi connectivity index (χ0v) is 16.1. The molecule has 0 spiro atoms. The van der Waals surface area contributed by atoms with Crippen molar-refractivity contribution in [2.24, 2.45) is 0 Å². The predicted octanol–water partition coefficient (Wildman–Crippen LogP) is 4.36. The van der Waals surface area contributed by atoms with Crippen LogP contribution in [0.2, 0.25) is 0 Å². The van der Waals surface area contributed by atoms with Crippen molar-refractivity contribution >= 4 is 17.6 Å².